The molecule has 0 rings (SSSR count). The van der Waals surface area contributed by atoms with Gasteiger partial charge in [0.2, 0.25) is 0 Å². The van der Waals surface area contributed by atoms with Gasteiger partial charge < -0.3 is 5.32 Å². The van der Waals surface area contributed by atoms with Gasteiger partial charge in [0.15, 0.2) is 0 Å². The van der Waals surface area contributed by atoms with Crippen LogP contribution in [-0.4, -0.2) is 12.6 Å². The zero-order valence-electron chi connectivity index (χ0n) is 6.07. The third-order valence-corrected chi connectivity index (χ3v) is 1.47. The summed E-state index contributed by atoms with van der Waals surface area (Å²) in [5.74, 6) is 0.719. The van der Waals surface area contributed by atoms with Crippen molar-refractivity contribution in [3.63, 3.8) is 0 Å². The first-order chi connectivity index (χ1) is 3.68. The van der Waals surface area contributed by atoms with E-state index in [2.05, 4.69) is 33.0 Å². The van der Waals surface area contributed by atoms with E-state index in [4.69, 9.17) is 0 Å². The highest BCUT2D eigenvalue weighted by Gasteiger charge is 2.02. The van der Waals surface area contributed by atoms with E-state index in [1.807, 2.05) is 0 Å². The van der Waals surface area contributed by atoms with Crippen molar-refractivity contribution in [2.75, 3.05) is 6.54 Å². The predicted molar refractivity (Wildman–Crippen MR) is 37.7 cm³/mol. The second-order valence-corrected chi connectivity index (χ2v) is 2.49. The molecular weight excluding hydrogens is 98.1 g/mol. The molecule has 0 aliphatic rings. The van der Waals surface area contributed by atoms with Crippen molar-refractivity contribution in [2.45, 2.75) is 26.8 Å². The molecule has 1 atom stereocenters. The van der Waals surface area contributed by atoms with Gasteiger partial charge in [-0.15, -0.1) is 0 Å². The predicted octanol–water partition coefficient (Wildman–Crippen LogP) is 1.45. The van der Waals surface area contributed by atoms with Crippen molar-refractivity contribution in [1.82, 2.24) is 5.32 Å². The second-order valence-electron chi connectivity index (χ2n) is 2.49. The van der Waals surface area contributed by atoms with Gasteiger partial charge in [-0.3, -0.25) is 0 Å². The molecule has 0 aliphatic heterocycles. The Kier molecular flexibility index (Phi) is 3.88. The highest BCUT2D eigenvalue weighted by atomic mass is 14.9. The van der Waals surface area contributed by atoms with Crippen LogP contribution in [0.2, 0.25) is 0 Å². The van der Waals surface area contributed by atoms with E-state index in [-0.39, 0.29) is 0 Å². The van der Waals surface area contributed by atoms with E-state index in [1.165, 1.54) is 0 Å². The van der Waals surface area contributed by atoms with Crippen molar-refractivity contribution in [3.8, 4) is 0 Å². The Morgan fingerprint density at radius 1 is 1.38 bits per heavy atom. The minimum atomic E-state index is 0.604. The van der Waals surface area contributed by atoms with Crippen LogP contribution in [0.25, 0.3) is 0 Å². The Labute approximate surface area is 52.5 Å². The van der Waals surface area contributed by atoms with Crippen LogP contribution >= 0.6 is 0 Å². The topological polar surface area (TPSA) is 12.0 Å². The first-order valence-corrected chi connectivity index (χ1v) is 3.21. The smallest absolute Gasteiger partial charge is 0.00617 e. The molecule has 0 saturated carbocycles. The molecule has 0 fully saturated rings. The van der Waals surface area contributed by atoms with Crippen molar-refractivity contribution in [1.29, 1.82) is 0 Å². The molecule has 0 aromatic rings. The van der Waals surface area contributed by atoms with Crippen molar-refractivity contribution in [3.05, 3.63) is 6.92 Å². The Balaban J connectivity index is 3.17. The van der Waals surface area contributed by atoms with Crippen LogP contribution in [0.5, 0.6) is 0 Å². The largest absolute Gasteiger partial charge is 0.314 e. The van der Waals surface area contributed by atoms with E-state index in [1.54, 1.807) is 0 Å². The lowest BCUT2D eigenvalue weighted by molar-refractivity contribution is 0.444. The molecule has 0 amide bonds. The Bertz CT molecular complexity index is 50.3. The molecule has 49 valence electrons. The summed E-state index contributed by atoms with van der Waals surface area (Å²) in [5.41, 5.74) is 0. The summed E-state index contributed by atoms with van der Waals surface area (Å²) >= 11 is 0. The molecule has 1 N–H and O–H groups in total. The van der Waals surface area contributed by atoms with Gasteiger partial charge in [0.25, 0.3) is 0 Å². The first-order valence-electron chi connectivity index (χ1n) is 3.21. The van der Waals surface area contributed by atoms with Gasteiger partial charge in [0.1, 0.15) is 0 Å². The van der Waals surface area contributed by atoms with Crippen molar-refractivity contribution >= 4 is 0 Å². The molecule has 1 radical (unpaired) electrons. The number of rotatable bonds is 3. The van der Waals surface area contributed by atoms with Gasteiger partial charge in [0, 0.05) is 6.04 Å². The third-order valence-electron chi connectivity index (χ3n) is 1.47. The van der Waals surface area contributed by atoms with Crippen LogP contribution in [0, 0.1) is 12.8 Å². The fraction of sp³-hybridized carbons (Fsp3) is 0.857. The molecule has 0 aliphatic carbocycles. The minimum absolute atomic E-state index is 0.604. The van der Waals surface area contributed by atoms with Crippen LogP contribution in [-0.2, 0) is 0 Å². The molecule has 0 spiro atoms. The van der Waals surface area contributed by atoms with E-state index < -0.39 is 0 Å². The fourth-order valence-electron chi connectivity index (χ4n) is 0.463. The monoisotopic (exact) mass is 114 g/mol. The molecule has 1 heteroatoms. The van der Waals surface area contributed by atoms with E-state index in [0.717, 1.165) is 12.5 Å². The molecule has 0 bridgehead atoms. The standard InChI is InChI=1S/C7H16N/c1-5-8-7(4)6(2)3/h6-8H,1,5H2,2-4H3. The van der Waals surface area contributed by atoms with E-state index in [0.29, 0.717) is 6.04 Å². The molecule has 0 aromatic heterocycles. The summed E-state index contributed by atoms with van der Waals surface area (Å²) in [5, 5.41) is 3.23. The SMILES string of the molecule is [CH2]CNC(C)C(C)C. The van der Waals surface area contributed by atoms with E-state index in [9.17, 15) is 0 Å². The summed E-state index contributed by atoms with van der Waals surface area (Å²) in [6.45, 7) is 11.1. The number of hydrogen-bond donors (Lipinski definition) is 1. The van der Waals surface area contributed by atoms with Gasteiger partial charge in [-0.2, -0.15) is 0 Å². The quantitative estimate of drug-likeness (QED) is 0.585. The average Bonchev–Trinajstić information content (AvgIpc) is 1.67. The highest BCUT2D eigenvalue weighted by Crippen LogP contribution is 1.97. The first kappa shape index (κ1) is 7.96. The normalized spacial score (nSPS) is 14.6. The molecular formula is C7H16N. The third kappa shape index (κ3) is 3.03. The number of hydrogen-bond acceptors (Lipinski definition) is 1. The molecule has 1 unspecified atom stereocenters. The fourth-order valence-corrected chi connectivity index (χ4v) is 0.463. The van der Waals surface area contributed by atoms with Crippen molar-refractivity contribution < 1.29 is 0 Å². The Morgan fingerprint density at radius 2 is 1.88 bits per heavy atom. The summed E-state index contributed by atoms with van der Waals surface area (Å²) in [6, 6.07) is 0.604. The maximum Gasteiger partial charge on any atom is 0.00617 e. The summed E-state index contributed by atoms with van der Waals surface area (Å²) < 4.78 is 0. The molecule has 0 heterocycles. The van der Waals surface area contributed by atoms with Gasteiger partial charge in [0.05, 0.1) is 0 Å². The summed E-state index contributed by atoms with van der Waals surface area (Å²) in [6.07, 6.45) is 0. The second kappa shape index (κ2) is 3.90. The number of nitrogens with one attached hydrogen (secondary N) is 1. The minimum Gasteiger partial charge on any atom is -0.314 e. The summed E-state index contributed by atoms with van der Waals surface area (Å²) in [7, 11) is 0. The van der Waals surface area contributed by atoms with Gasteiger partial charge >= 0.3 is 0 Å². The molecule has 1 nitrogen and oxygen atoms in total. The van der Waals surface area contributed by atoms with Gasteiger partial charge in [-0.25, -0.2) is 0 Å². The van der Waals surface area contributed by atoms with Crippen LogP contribution in [0.15, 0.2) is 0 Å². The zero-order chi connectivity index (χ0) is 6.57. The average molecular weight is 114 g/mol. The van der Waals surface area contributed by atoms with Crippen LogP contribution in [0.3, 0.4) is 0 Å². The van der Waals surface area contributed by atoms with Crippen LogP contribution < -0.4 is 5.32 Å². The lowest BCUT2D eigenvalue weighted by Gasteiger charge is -2.15. The molecule has 8 heavy (non-hydrogen) atoms. The highest BCUT2D eigenvalue weighted by molar-refractivity contribution is 4.63. The zero-order valence-corrected chi connectivity index (χ0v) is 6.07. The Hall–Kier alpha value is -0.0400. The Morgan fingerprint density at radius 3 is 2.00 bits per heavy atom. The van der Waals surface area contributed by atoms with Crippen molar-refractivity contribution in [2.24, 2.45) is 5.92 Å². The lowest BCUT2D eigenvalue weighted by Crippen LogP contribution is -2.30. The molecule has 0 saturated heterocycles. The van der Waals surface area contributed by atoms with Crippen LogP contribution in [0.1, 0.15) is 20.8 Å². The van der Waals surface area contributed by atoms with Gasteiger partial charge in [-0.1, -0.05) is 13.8 Å². The van der Waals surface area contributed by atoms with Crippen LogP contribution in [0.4, 0.5) is 0 Å². The molecule has 0 aromatic carbocycles. The maximum absolute atomic E-state index is 3.70. The van der Waals surface area contributed by atoms with Gasteiger partial charge in [-0.05, 0) is 26.3 Å². The van der Waals surface area contributed by atoms with E-state index >= 15 is 0 Å². The maximum atomic E-state index is 3.70. The lowest BCUT2D eigenvalue weighted by atomic mass is 10.1. The summed E-state index contributed by atoms with van der Waals surface area (Å²) in [4.78, 5) is 0.